The fourth-order valence-corrected chi connectivity index (χ4v) is 2.69. The van der Waals surface area contributed by atoms with Crippen LogP contribution in [0.5, 0.6) is 0 Å². The Balaban J connectivity index is 1.84. The first-order valence-corrected chi connectivity index (χ1v) is 7.18. The molecule has 0 unspecified atom stereocenters. The average Bonchev–Trinajstić information content (AvgIpc) is 3.07. The number of rotatable bonds is 2. The van der Waals surface area contributed by atoms with Gasteiger partial charge in [0, 0.05) is 17.6 Å². The van der Waals surface area contributed by atoms with Gasteiger partial charge in [-0.15, -0.1) is 0 Å². The van der Waals surface area contributed by atoms with Gasteiger partial charge in [-0.1, -0.05) is 11.6 Å². The van der Waals surface area contributed by atoms with Gasteiger partial charge in [0.25, 0.3) is 0 Å². The summed E-state index contributed by atoms with van der Waals surface area (Å²) >= 11 is 5.73. The molecule has 0 saturated heterocycles. The summed E-state index contributed by atoms with van der Waals surface area (Å²) in [6, 6.07) is 4.99. The van der Waals surface area contributed by atoms with E-state index in [0.29, 0.717) is 22.1 Å². The van der Waals surface area contributed by atoms with Crippen molar-refractivity contribution in [3.05, 3.63) is 52.9 Å². The zero-order valence-electron chi connectivity index (χ0n) is 11.9. The van der Waals surface area contributed by atoms with E-state index in [2.05, 4.69) is 15.3 Å². The summed E-state index contributed by atoms with van der Waals surface area (Å²) < 4.78 is 41.9. The van der Waals surface area contributed by atoms with Crippen molar-refractivity contribution in [2.75, 3.05) is 11.2 Å². The van der Waals surface area contributed by atoms with Gasteiger partial charge >= 0.3 is 0 Å². The predicted molar refractivity (Wildman–Crippen MR) is 86.3 cm³/mol. The Morgan fingerprint density at radius 2 is 1.92 bits per heavy atom. The first kappa shape index (κ1) is 14.7. The van der Waals surface area contributed by atoms with Crippen LogP contribution in [0, 0.1) is 17.5 Å². The van der Waals surface area contributed by atoms with Crippen LogP contribution in [0.4, 0.5) is 24.8 Å². The van der Waals surface area contributed by atoms with Gasteiger partial charge in [-0.2, -0.15) is 0 Å². The first-order chi connectivity index (χ1) is 11.5. The maximum Gasteiger partial charge on any atom is 0.227 e. The standard InChI is InChI=1S/C15H9ClF3N5/c16-7-1-2-12-14(13(7)19)23-15(24(12)20)22-11-5-21-10-4-9(18)8(17)3-6(10)11/h1-5,21H,20H2,(H,22,23). The minimum Gasteiger partial charge on any atom is -0.359 e. The molecule has 0 aliphatic carbocycles. The third-order valence-electron chi connectivity index (χ3n) is 3.72. The summed E-state index contributed by atoms with van der Waals surface area (Å²) in [6.45, 7) is 0. The molecule has 2 heterocycles. The van der Waals surface area contributed by atoms with Crippen molar-refractivity contribution >= 4 is 45.2 Å². The zero-order valence-corrected chi connectivity index (χ0v) is 12.6. The molecule has 0 saturated carbocycles. The third kappa shape index (κ3) is 2.07. The van der Waals surface area contributed by atoms with Crippen LogP contribution < -0.4 is 11.2 Å². The summed E-state index contributed by atoms with van der Waals surface area (Å²) in [5, 5.41) is 3.20. The van der Waals surface area contributed by atoms with Crippen LogP contribution in [0.2, 0.25) is 5.02 Å². The smallest absolute Gasteiger partial charge is 0.227 e. The molecule has 9 heteroatoms. The molecule has 5 nitrogen and oxygen atoms in total. The summed E-state index contributed by atoms with van der Waals surface area (Å²) in [5.74, 6) is 3.40. The lowest BCUT2D eigenvalue weighted by atomic mass is 10.2. The third-order valence-corrected chi connectivity index (χ3v) is 4.01. The summed E-state index contributed by atoms with van der Waals surface area (Å²) in [6.07, 6.45) is 1.51. The lowest BCUT2D eigenvalue weighted by Crippen LogP contribution is -2.11. The number of aromatic nitrogens is 3. The molecule has 4 aromatic rings. The molecule has 4 rings (SSSR count). The number of aromatic amines is 1. The van der Waals surface area contributed by atoms with Gasteiger partial charge in [0.15, 0.2) is 17.5 Å². The second kappa shape index (κ2) is 5.07. The van der Waals surface area contributed by atoms with Crippen LogP contribution in [0.25, 0.3) is 21.9 Å². The van der Waals surface area contributed by atoms with Gasteiger partial charge in [0.2, 0.25) is 5.95 Å². The van der Waals surface area contributed by atoms with Gasteiger partial charge in [-0.3, -0.25) is 0 Å². The Hall–Kier alpha value is -2.87. The van der Waals surface area contributed by atoms with E-state index in [0.717, 1.165) is 16.8 Å². The lowest BCUT2D eigenvalue weighted by molar-refractivity contribution is 0.511. The molecule has 2 aromatic carbocycles. The zero-order chi connectivity index (χ0) is 17.0. The number of nitrogens with two attached hydrogens (primary N) is 1. The molecule has 0 aliphatic rings. The molecule has 0 spiro atoms. The van der Waals surface area contributed by atoms with E-state index >= 15 is 0 Å². The quantitative estimate of drug-likeness (QED) is 0.477. The maximum absolute atomic E-state index is 14.0. The topological polar surface area (TPSA) is 71.7 Å². The van der Waals surface area contributed by atoms with Crippen LogP contribution >= 0.6 is 11.6 Å². The minimum absolute atomic E-state index is 0.00423. The van der Waals surface area contributed by atoms with Crippen molar-refractivity contribution in [1.82, 2.24) is 14.6 Å². The SMILES string of the molecule is Nn1c(Nc2c[nH]c3cc(F)c(F)cc23)nc2c(F)c(Cl)ccc21. The Bertz CT molecular complexity index is 1100. The lowest BCUT2D eigenvalue weighted by Gasteiger charge is -2.05. The van der Waals surface area contributed by atoms with Crippen LogP contribution in [0.3, 0.4) is 0 Å². The predicted octanol–water partition coefficient (Wildman–Crippen LogP) is 4.05. The number of halogens is 4. The maximum atomic E-state index is 14.0. The van der Waals surface area contributed by atoms with E-state index in [9.17, 15) is 13.2 Å². The highest BCUT2D eigenvalue weighted by Crippen LogP contribution is 2.30. The monoisotopic (exact) mass is 351 g/mol. The number of imidazole rings is 1. The number of hydrogen-bond donors (Lipinski definition) is 3. The number of benzene rings is 2. The van der Waals surface area contributed by atoms with Crippen LogP contribution in [-0.4, -0.2) is 14.6 Å². The molecule has 0 radical (unpaired) electrons. The van der Waals surface area contributed by atoms with E-state index in [4.69, 9.17) is 17.4 Å². The van der Waals surface area contributed by atoms with Crippen molar-refractivity contribution in [1.29, 1.82) is 0 Å². The van der Waals surface area contributed by atoms with Crippen molar-refractivity contribution in [3.63, 3.8) is 0 Å². The van der Waals surface area contributed by atoms with Crippen molar-refractivity contribution in [3.8, 4) is 0 Å². The molecule has 0 bridgehead atoms. The van der Waals surface area contributed by atoms with Crippen molar-refractivity contribution < 1.29 is 13.2 Å². The Morgan fingerprint density at radius 1 is 1.17 bits per heavy atom. The highest BCUT2D eigenvalue weighted by atomic mass is 35.5. The second-order valence-corrected chi connectivity index (χ2v) is 5.58. The molecule has 122 valence electrons. The molecule has 0 amide bonds. The van der Waals surface area contributed by atoms with Crippen LogP contribution in [0.1, 0.15) is 0 Å². The Kier molecular flexibility index (Phi) is 3.10. The fraction of sp³-hybridized carbons (Fsp3) is 0. The number of nitrogen functional groups attached to an aromatic ring is 1. The van der Waals surface area contributed by atoms with Crippen LogP contribution in [0.15, 0.2) is 30.5 Å². The van der Waals surface area contributed by atoms with E-state index in [1.165, 1.54) is 18.3 Å². The van der Waals surface area contributed by atoms with Gasteiger partial charge in [0.05, 0.1) is 21.7 Å². The number of fused-ring (bicyclic) bond motifs is 2. The summed E-state index contributed by atoms with van der Waals surface area (Å²) in [7, 11) is 0. The molecule has 0 fully saturated rings. The number of hydrogen-bond acceptors (Lipinski definition) is 3. The number of H-pyrrole nitrogens is 1. The molecule has 24 heavy (non-hydrogen) atoms. The molecule has 0 aliphatic heterocycles. The van der Waals surface area contributed by atoms with Gasteiger partial charge < -0.3 is 16.1 Å². The highest BCUT2D eigenvalue weighted by Gasteiger charge is 2.16. The largest absolute Gasteiger partial charge is 0.359 e. The molecular formula is C15H9ClF3N5. The minimum atomic E-state index is -0.982. The van der Waals surface area contributed by atoms with E-state index in [1.54, 1.807) is 0 Å². The van der Waals surface area contributed by atoms with Crippen molar-refractivity contribution in [2.45, 2.75) is 0 Å². The first-order valence-electron chi connectivity index (χ1n) is 6.80. The van der Waals surface area contributed by atoms with Gasteiger partial charge in [0.1, 0.15) is 5.52 Å². The van der Waals surface area contributed by atoms with Gasteiger partial charge in [-0.05, 0) is 18.2 Å². The summed E-state index contributed by atoms with van der Waals surface area (Å²) in [5.41, 5.74) is 1.14. The van der Waals surface area contributed by atoms with E-state index < -0.39 is 17.5 Å². The Labute approximate surface area is 137 Å². The van der Waals surface area contributed by atoms with Crippen molar-refractivity contribution in [2.24, 2.45) is 0 Å². The second-order valence-electron chi connectivity index (χ2n) is 5.17. The fourth-order valence-electron chi connectivity index (χ4n) is 2.53. The normalized spacial score (nSPS) is 11.5. The average molecular weight is 352 g/mol. The summed E-state index contributed by atoms with van der Waals surface area (Å²) in [4.78, 5) is 6.89. The van der Waals surface area contributed by atoms with E-state index in [-0.39, 0.29) is 16.5 Å². The van der Waals surface area contributed by atoms with Crippen LogP contribution in [-0.2, 0) is 0 Å². The molecule has 4 N–H and O–H groups in total. The Morgan fingerprint density at radius 3 is 2.71 bits per heavy atom. The van der Waals surface area contributed by atoms with E-state index in [1.807, 2.05) is 0 Å². The number of anilines is 2. The molecular weight excluding hydrogens is 343 g/mol. The van der Waals surface area contributed by atoms with Gasteiger partial charge in [-0.25, -0.2) is 22.8 Å². The number of nitrogens with one attached hydrogen (secondary N) is 2. The molecule has 2 aromatic heterocycles. The number of nitrogens with zero attached hydrogens (tertiary/aromatic N) is 2. The molecule has 0 atom stereocenters. The highest BCUT2D eigenvalue weighted by molar-refractivity contribution is 6.31.